The summed E-state index contributed by atoms with van der Waals surface area (Å²) in [6.45, 7) is 0. The molecule has 2 radical (unpaired) electrons. The van der Waals surface area contributed by atoms with E-state index in [-0.39, 0.29) is 0 Å². The van der Waals surface area contributed by atoms with Crippen LogP contribution in [-0.4, -0.2) is 15.4 Å². The lowest BCUT2D eigenvalue weighted by Crippen LogP contribution is -2.68. The highest BCUT2D eigenvalue weighted by molar-refractivity contribution is 7.38. The van der Waals surface area contributed by atoms with Crippen molar-refractivity contribution in [1.82, 2.24) is 0 Å². The lowest BCUT2D eigenvalue weighted by Gasteiger charge is -2.30. The summed E-state index contributed by atoms with van der Waals surface area (Å²) in [6, 6.07) is 31.4. The quantitative estimate of drug-likeness (QED) is 0.503. The zero-order valence-electron chi connectivity index (χ0n) is 11.2. The maximum atomic E-state index is 7.00. The van der Waals surface area contributed by atoms with E-state index in [4.69, 9.17) is 7.44 Å². The summed E-state index contributed by atoms with van der Waals surface area (Å²) in [5.41, 5.74) is 0. The normalized spacial score (nSPS) is 11.2. The molecule has 0 aliphatic heterocycles. The van der Waals surface area contributed by atoms with E-state index >= 15 is 0 Å². The first-order valence-corrected chi connectivity index (χ1v) is 8.85. The summed E-state index contributed by atoms with van der Waals surface area (Å²) in [7, 11) is 4.62. The van der Waals surface area contributed by atoms with Gasteiger partial charge in [0.05, 0.1) is 7.44 Å². The van der Waals surface area contributed by atoms with Crippen LogP contribution in [0.25, 0.3) is 0 Å². The Morgan fingerprint density at radius 1 is 0.450 bits per heavy atom. The van der Waals surface area contributed by atoms with Crippen LogP contribution in [0.15, 0.2) is 91.0 Å². The first-order valence-electron chi connectivity index (χ1n) is 6.77. The Hall–Kier alpha value is -2.06. The van der Waals surface area contributed by atoms with Crippen LogP contribution in [-0.2, 0) is 0 Å². The van der Waals surface area contributed by atoms with Crippen molar-refractivity contribution >= 4 is 30.9 Å². The molecule has 3 aromatic rings. The minimum absolute atomic E-state index is 1.23. The molecule has 0 amide bonds. The van der Waals surface area contributed by atoms with E-state index in [0.717, 1.165) is 0 Å². The standard InChI is InChI=1S/C18H15BSi/c19-20(16-10-4-1-5-11-16,17-12-6-2-7-13-17)18-14-8-3-9-15-18/h1-15H. The largest absolute Gasteiger partial charge is 0.103 e. The van der Waals surface area contributed by atoms with E-state index in [2.05, 4.69) is 72.8 Å². The maximum Gasteiger partial charge on any atom is 0.103 e. The van der Waals surface area contributed by atoms with Gasteiger partial charge in [-0.1, -0.05) is 107 Å². The Morgan fingerprint density at radius 2 is 0.700 bits per heavy atom. The summed E-state index contributed by atoms with van der Waals surface area (Å²) in [5, 5.41) is 3.70. The van der Waals surface area contributed by atoms with Gasteiger partial charge in [0.25, 0.3) is 0 Å². The van der Waals surface area contributed by atoms with Crippen molar-refractivity contribution in [2.75, 3.05) is 0 Å². The zero-order chi connectivity index (χ0) is 13.8. The van der Waals surface area contributed by atoms with Gasteiger partial charge in [0, 0.05) is 0 Å². The lowest BCUT2D eigenvalue weighted by atomic mass is 10.3. The molecule has 0 aromatic heterocycles. The fourth-order valence-electron chi connectivity index (χ4n) is 2.60. The fraction of sp³-hybridized carbons (Fsp3) is 0. The monoisotopic (exact) mass is 270 g/mol. The second-order valence-electron chi connectivity index (χ2n) is 4.91. The fourth-order valence-corrected chi connectivity index (χ4v) is 5.76. The lowest BCUT2D eigenvalue weighted by molar-refractivity contribution is 1.70. The minimum Gasteiger partial charge on any atom is -0.0629 e. The Balaban J connectivity index is 2.24. The minimum atomic E-state index is -2.38. The maximum absolute atomic E-state index is 7.00. The van der Waals surface area contributed by atoms with Crippen LogP contribution in [0, 0.1) is 0 Å². The molecule has 0 fully saturated rings. The van der Waals surface area contributed by atoms with Gasteiger partial charge >= 0.3 is 0 Å². The van der Waals surface area contributed by atoms with Crippen LogP contribution in [0.5, 0.6) is 0 Å². The van der Waals surface area contributed by atoms with E-state index in [1.54, 1.807) is 0 Å². The van der Waals surface area contributed by atoms with Crippen molar-refractivity contribution in [3.05, 3.63) is 91.0 Å². The number of hydrogen-bond donors (Lipinski definition) is 0. The van der Waals surface area contributed by atoms with Gasteiger partial charge in [-0.05, 0) is 0 Å². The molecule has 20 heavy (non-hydrogen) atoms. The summed E-state index contributed by atoms with van der Waals surface area (Å²) in [5.74, 6) is 0. The van der Waals surface area contributed by atoms with E-state index in [0.29, 0.717) is 0 Å². The molecule has 3 aromatic carbocycles. The highest BCUT2D eigenvalue weighted by atomic mass is 28.3. The van der Waals surface area contributed by atoms with Gasteiger partial charge in [0.15, 0.2) is 0 Å². The van der Waals surface area contributed by atoms with Crippen LogP contribution >= 0.6 is 0 Å². The van der Waals surface area contributed by atoms with Crippen molar-refractivity contribution in [3.8, 4) is 0 Å². The van der Waals surface area contributed by atoms with Crippen LogP contribution < -0.4 is 15.6 Å². The summed E-state index contributed by atoms with van der Waals surface area (Å²) in [6.07, 6.45) is 0. The molecule has 0 spiro atoms. The molecule has 0 heterocycles. The first-order chi connectivity index (χ1) is 9.82. The van der Waals surface area contributed by atoms with Gasteiger partial charge in [-0.2, -0.15) is 0 Å². The molecule has 0 saturated carbocycles. The van der Waals surface area contributed by atoms with Crippen molar-refractivity contribution in [2.24, 2.45) is 0 Å². The average Bonchev–Trinajstić information content (AvgIpc) is 2.56. The molecule has 0 aliphatic carbocycles. The highest BCUT2D eigenvalue weighted by Gasteiger charge is 2.32. The zero-order valence-corrected chi connectivity index (χ0v) is 12.2. The smallest absolute Gasteiger partial charge is 0.0629 e. The molecular weight excluding hydrogens is 255 g/mol. The summed E-state index contributed by atoms with van der Waals surface area (Å²) < 4.78 is 0. The van der Waals surface area contributed by atoms with E-state index in [1.807, 2.05) is 18.2 Å². The Kier molecular flexibility index (Phi) is 3.57. The third kappa shape index (κ3) is 2.23. The second-order valence-corrected chi connectivity index (χ2v) is 8.25. The SMILES string of the molecule is [B][Si](c1ccccc1)(c1ccccc1)c1ccccc1. The Morgan fingerprint density at radius 3 is 0.950 bits per heavy atom. The number of rotatable bonds is 3. The third-order valence-electron chi connectivity index (χ3n) is 3.69. The van der Waals surface area contributed by atoms with Gasteiger partial charge in [-0.15, -0.1) is 0 Å². The Labute approximate surface area is 122 Å². The third-order valence-corrected chi connectivity index (χ3v) is 7.42. The van der Waals surface area contributed by atoms with Crippen LogP contribution in [0.2, 0.25) is 0 Å². The number of hydrogen-bond acceptors (Lipinski definition) is 0. The van der Waals surface area contributed by atoms with Crippen LogP contribution in [0.1, 0.15) is 0 Å². The molecule has 0 bridgehead atoms. The second kappa shape index (κ2) is 5.51. The average molecular weight is 270 g/mol. The van der Waals surface area contributed by atoms with E-state index < -0.39 is 7.94 Å². The van der Waals surface area contributed by atoms with E-state index in [9.17, 15) is 0 Å². The molecule has 0 unspecified atom stereocenters. The summed E-state index contributed by atoms with van der Waals surface area (Å²) >= 11 is 0. The van der Waals surface area contributed by atoms with Crippen molar-refractivity contribution in [2.45, 2.75) is 0 Å². The number of benzene rings is 3. The molecule has 0 N–H and O–H groups in total. The molecule has 0 nitrogen and oxygen atoms in total. The van der Waals surface area contributed by atoms with Crippen molar-refractivity contribution in [1.29, 1.82) is 0 Å². The van der Waals surface area contributed by atoms with Crippen molar-refractivity contribution < 1.29 is 0 Å². The van der Waals surface area contributed by atoms with E-state index in [1.165, 1.54) is 15.6 Å². The Bertz CT molecular complexity index is 569. The molecular formula is C18H15BSi. The predicted octanol–water partition coefficient (Wildman–Crippen LogP) is 1.82. The summed E-state index contributed by atoms with van der Waals surface area (Å²) in [4.78, 5) is 0. The molecule has 0 saturated heterocycles. The molecule has 2 heteroatoms. The molecule has 0 atom stereocenters. The van der Waals surface area contributed by atoms with Crippen LogP contribution in [0.4, 0.5) is 0 Å². The highest BCUT2D eigenvalue weighted by Crippen LogP contribution is 2.03. The molecule has 0 aliphatic rings. The van der Waals surface area contributed by atoms with Gasteiger partial charge in [0.2, 0.25) is 0 Å². The molecule has 3 rings (SSSR count). The van der Waals surface area contributed by atoms with Gasteiger partial charge < -0.3 is 0 Å². The predicted molar refractivity (Wildman–Crippen MR) is 89.7 cm³/mol. The van der Waals surface area contributed by atoms with Gasteiger partial charge in [-0.25, -0.2) is 0 Å². The first kappa shape index (κ1) is 12.9. The van der Waals surface area contributed by atoms with Gasteiger partial charge in [0.1, 0.15) is 7.94 Å². The van der Waals surface area contributed by atoms with Gasteiger partial charge in [-0.3, -0.25) is 0 Å². The van der Waals surface area contributed by atoms with Crippen molar-refractivity contribution in [3.63, 3.8) is 0 Å². The van der Waals surface area contributed by atoms with Crippen LogP contribution in [0.3, 0.4) is 0 Å². The topological polar surface area (TPSA) is 0 Å². The molecule has 94 valence electrons.